The minimum Gasteiger partial charge on any atom is -0.480 e. The Labute approximate surface area is 125 Å². The van der Waals surface area contributed by atoms with Crippen LogP contribution in [-0.4, -0.2) is 39.3 Å². The van der Waals surface area contributed by atoms with E-state index in [9.17, 15) is 13.2 Å². The average molecular weight is 343 g/mol. The molecule has 0 saturated heterocycles. The van der Waals surface area contributed by atoms with Gasteiger partial charge in [-0.25, -0.2) is 8.42 Å². The fourth-order valence-electron chi connectivity index (χ4n) is 1.29. The van der Waals surface area contributed by atoms with Crippen LogP contribution < -0.4 is 10.5 Å². The van der Waals surface area contributed by atoms with Crippen LogP contribution in [0.1, 0.15) is 0 Å². The molecule has 0 spiro atoms. The summed E-state index contributed by atoms with van der Waals surface area (Å²) < 4.78 is 30.7. The van der Waals surface area contributed by atoms with Gasteiger partial charge in [0.2, 0.25) is 10.0 Å². The monoisotopic (exact) mass is 342 g/mol. The maximum absolute atomic E-state index is 12.0. The zero-order chi connectivity index (χ0) is 15.5. The first-order valence-corrected chi connectivity index (χ1v) is 7.41. The lowest BCUT2D eigenvalue weighted by Crippen LogP contribution is -2.43. The van der Waals surface area contributed by atoms with Crippen molar-refractivity contribution in [1.29, 1.82) is 0 Å². The fourth-order valence-corrected chi connectivity index (χ4v) is 3.14. The van der Waals surface area contributed by atoms with Crippen molar-refractivity contribution in [1.82, 2.24) is 4.72 Å². The molecule has 1 aromatic rings. The number of benzene rings is 1. The number of sulfonamides is 1. The van der Waals surface area contributed by atoms with Crippen LogP contribution in [0.15, 0.2) is 17.0 Å². The standard InChI is InChI=1S/C10H12Cl2N2O5S/c1-19-4-8(10(15)16)14-20(17,18)5-2-6(11)9(13)7(12)3-5/h2-3,8,14H,4,13H2,1H3,(H,15,16). The van der Waals surface area contributed by atoms with Crippen molar-refractivity contribution in [2.24, 2.45) is 0 Å². The SMILES string of the molecule is COCC(NS(=O)(=O)c1cc(Cl)c(N)c(Cl)c1)C(=O)O. The summed E-state index contributed by atoms with van der Waals surface area (Å²) in [5.74, 6) is -1.37. The van der Waals surface area contributed by atoms with Crippen LogP contribution >= 0.6 is 23.2 Å². The van der Waals surface area contributed by atoms with Crippen molar-refractivity contribution in [3.63, 3.8) is 0 Å². The maximum Gasteiger partial charge on any atom is 0.324 e. The number of halogens is 2. The van der Waals surface area contributed by atoms with E-state index in [1.54, 1.807) is 0 Å². The Morgan fingerprint density at radius 2 is 1.95 bits per heavy atom. The number of nitrogens with two attached hydrogens (primary N) is 1. The van der Waals surface area contributed by atoms with Gasteiger partial charge in [0, 0.05) is 7.11 Å². The summed E-state index contributed by atoms with van der Waals surface area (Å²) in [7, 11) is -2.87. The normalized spacial score (nSPS) is 13.2. The summed E-state index contributed by atoms with van der Waals surface area (Å²) in [6, 6.07) is 0.730. The predicted molar refractivity (Wildman–Crippen MR) is 74.5 cm³/mol. The lowest BCUT2D eigenvalue weighted by molar-refractivity contribution is -0.140. The molecule has 0 radical (unpaired) electrons. The van der Waals surface area contributed by atoms with E-state index < -0.39 is 22.0 Å². The van der Waals surface area contributed by atoms with Gasteiger partial charge in [0.15, 0.2) is 0 Å². The van der Waals surface area contributed by atoms with Crippen molar-refractivity contribution < 1.29 is 23.1 Å². The molecule has 0 amide bonds. The van der Waals surface area contributed by atoms with Gasteiger partial charge in [-0.3, -0.25) is 4.79 Å². The van der Waals surface area contributed by atoms with Gasteiger partial charge in [-0.05, 0) is 12.1 Å². The molecule has 1 atom stereocenters. The fraction of sp³-hybridized carbons (Fsp3) is 0.300. The van der Waals surface area contributed by atoms with E-state index in [0.29, 0.717) is 0 Å². The average Bonchev–Trinajstić information content (AvgIpc) is 2.34. The van der Waals surface area contributed by atoms with Crippen LogP contribution in [0, 0.1) is 0 Å². The largest absolute Gasteiger partial charge is 0.480 e. The first-order valence-electron chi connectivity index (χ1n) is 5.17. The number of rotatable bonds is 6. The lowest BCUT2D eigenvalue weighted by atomic mass is 10.3. The van der Waals surface area contributed by atoms with Crippen LogP contribution in [0.25, 0.3) is 0 Å². The quantitative estimate of drug-likeness (QED) is 0.662. The van der Waals surface area contributed by atoms with Crippen LogP contribution in [-0.2, 0) is 19.6 Å². The first kappa shape index (κ1) is 17.0. The highest BCUT2D eigenvalue weighted by atomic mass is 35.5. The number of carboxylic acid groups (broad SMARTS) is 1. The van der Waals surface area contributed by atoms with E-state index in [-0.39, 0.29) is 27.2 Å². The molecule has 0 bridgehead atoms. The van der Waals surface area contributed by atoms with Gasteiger partial charge < -0.3 is 15.6 Å². The molecule has 0 aromatic heterocycles. The molecular weight excluding hydrogens is 331 g/mol. The second-order valence-electron chi connectivity index (χ2n) is 3.77. The van der Waals surface area contributed by atoms with Gasteiger partial charge in [0.25, 0.3) is 0 Å². The zero-order valence-corrected chi connectivity index (χ0v) is 12.6. The van der Waals surface area contributed by atoms with Gasteiger partial charge in [-0.1, -0.05) is 23.2 Å². The summed E-state index contributed by atoms with van der Waals surface area (Å²) >= 11 is 11.5. The van der Waals surface area contributed by atoms with Crippen LogP contribution in [0.2, 0.25) is 10.0 Å². The Morgan fingerprint density at radius 3 is 2.35 bits per heavy atom. The van der Waals surface area contributed by atoms with Crippen molar-refractivity contribution in [3.05, 3.63) is 22.2 Å². The van der Waals surface area contributed by atoms with Crippen molar-refractivity contribution >= 4 is 44.9 Å². The molecule has 0 aliphatic heterocycles. The second kappa shape index (κ2) is 6.59. The number of aliphatic carboxylic acids is 1. The first-order chi connectivity index (χ1) is 9.19. The molecule has 0 aliphatic carbocycles. The zero-order valence-electron chi connectivity index (χ0n) is 10.3. The Kier molecular flexibility index (Phi) is 5.60. The minimum absolute atomic E-state index is 0.0407. The highest BCUT2D eigenvalue weighted by Crippen LogP contribution is 2.30. The number of anilines is 1. The van der Waals surface area contributed by atoms with Gasteiger partial charge in [-0.2, -0.15) is 4.72 Å². The summed E-state index contributed by atoms with van der Waals surface area (Å²) in [6.07, 6.45) is 0. The van der Waals surface area contributed by atoms with Crippen molar-refractivity contribution in [3.8, 4) is 0 Å². The molecule has 20 heavy (non-hydrogen) atoms. The van der Waals surface area contributed by atoms with Crippen LogP contribution in [0.5, 0.6) is 0 Å². The molecule has 1 aromatic carbocycles. The number of nitrogen functional groups attached to an aromatic ring is 1. The van der Waals surface area contributed by atoms with E-state index in [2.05, 4.69) is 4.74 Å². The number of nitrogens with one attached hydrogen (secondary N) is 1. The number of hydrogen-bond acceptors (Lipinski definition) is 5. The summed E-state index contributed by atoms with van der Waals surface area (Å²) in [5.41, 5.74) is 5.54. The highest BCUT2D eigenvalue weighted by molar-refractivity contribution is 7.89. The van der Waals surface area contributed by atoms with E-state index in [1.807, 2.05) is 4.72 Å². The molecule has 0 fully saturated rings. The smallest absolute Gasteiger partial charge is 0.324 e. The van der Waals surface area contributed by atoms with Gasteiger partial charge in [0.05, 0.1) is 27.2 Å². The molecule has 7 nitrogen and oxygen atoms in total. The topological polar surface area (TPSA) is 119 Å². The molecule has 0 heterocycles. The minimum atomic E-state index is -4.12. The number of carboxylic acids is 1. The highest BCUT2D eigenvalue weighted by Gasteiger charge is 2.26. The van der Waals surface area contributed by atoms with Crippen molar-refractivity contribution in [2.45, 2.75) is 10.9 Å². The van der Waals surface area contributed by atoms with Crippen LogP contribution in [0.4, 0.5) is 5.69 Å². The van der Waals surface area contributed by atoms with Crippen molar-refractivity contribution in [2.75, 3.05) is 19.5 Å². The van der Waals surface area contributed by atoms with E-state index in [4.69, 9.17) is 34.0 Å². The van der Waals surface area contributed by atoms with Gasteiger partial charge in [-0.15, -0.1) is 0 Å². The molecule has 1 unspecified atom stereocenters. The summed E-state index contributed by atoms with van der Waals surface area (Å²) in [6.45, 7) is -0.328. The van der Waals surface area contributed by atoms with Crippen LogP contribution in [0.3, 0.4) is 0 Å². The van der Waals surface area contributed by atoms with E-state index >= 15 is 0 Å². The maximum atomic E-state index is 12.0. The third-order valence-corrected chi connectivity index (χ3v) is 4.37. The Bertz CT molecular complexity index is 597. The third-order valence-electron chi connectivity index (χ3n) is 2.29. The molecule has 0 saturated carbocycles. The Hall–Kier alpha value is -1.06. The summed E-state index contributed by atoms with van der Waals surface area (Å²) in [5, 5.41) is 8.80. The Balaban J connectivity index is 3.14. The number of carbonyl (C=O) groups is 1. The van der Waals surface area contributed by atoms with Gasteiger partial charge in [0.1, 0.15) is 6.04 Å². The Morgan fingerprint density at radius 1 is 1.45 bits per heavy atom. The number of ether oxygens (including phenoxy) is 1. The molecule has 1 rings (SSSR count). The molecule has 0 aliphatic rings. The number of methoxy groups -OCH3 is 1. The van der Waals surface area contributed by atoms with Gasteiger partial charge >= 0.3 is 5.97 Å². The molecule has 112 valence electrons. The summed E-state index contributed by atoms with van der Waals surface area (Å²) in [4.78, 5) is 10.6. The third kappa shape index (κ3) is 3.97. The molecule has 4 N–H and O–H groups in total. The second-order valence-corrected chi connectivity index (χ2v) is 6.30. The lowest BCUT2D eigenvalue weighted by Gasteiger charge is -2.14. The van der Waals surface area contributed by atoms with E-state index in [0.717, 1.165) is 12.1 Å². The molecular formula is C10H12Cl2N2O5S. The predicted octanol–water partition coefficient (Wildman–Crippen LogP) is 0.954. The number of hydrogen-bond donors (Lipinski definition) is 3. The van der Waals surface area contributed by atoms with E-state index in [1.165, 1.54) is 7.11 Å². The molecule has 10 heteroatoms.